The number of hydrogen-bond donors (Lipinski definition) is 2. The van der Waals surface area contributed by atoms with E-state index in [0.717, 1.165) is 5.56 Å². The molecule has 100 valence electrons. The van der Waals surface area contributed by atoms with Gasteiger partial charge < -0.3 is 20.5 Å². The molecule has 5 heteroatoms. The van der Waals surface area contributed by atoms with Gasteiger partial charge in [0.15, 0.2) is 0 Å². The Balaban J connectivity index is 3.22. The number of nitrogens with two attached hydrogens (primary N) is 1. The van der Waals surface area contributed by atoms with E-state index in [1.807, 2.05) is 31.1 Å². The summed E-state index contributed by atoms with van der Waals surface area (Å²) in [7, 11) is 5.45. The minimum Gasteiger partial charge on any atom is -0.496 e. The summed E-state index contributed by atoms with van der Waals surface area (Å²) in [6.07, 6.45) is 0. The number of carboxylic acids is 1. The molecule has 0 bridgehead atoms. The van der Waals surface area contributed by atoms with Crippen LogP contribution in [0.15, 0.2) is 18.2 Å². The fraction of sp³-hybridized carbons (Fsp3) is 0.462. The summed E-state index contributed by atoms with van der Waals surface area (Å²) in [6.45, 7) is 0.741. The lowest BCUT2D eigenvalue weighted by molar-refractivity contribution is -0.138. The maximum atomic E-state index is 11.2. The van der Waals surface area contributed by atoms with Crippen LogP contribution in [0.3, 0.4) is 0 Å². The number of methoxy groups -OCH3 is 1. The summed E-state index contributed by atoms with van der Waals surface area (Å²) in [6, 6.07) is 5.52. The molecule has 0 spiro atoms. The van der Waals surface area contributed by atoms with Crippen molar-refractivity contribution in [2.75, 3.05) is 27.7 Å². The molecule has 0 radical (unpaired) electrons. The molecule has 5 nitrogen and oxygen atoms in total. The largest absolute Gasteiger partial charge is 0.496 e. The highest BCUT2D eigenvalue weighted by atomic mass is 16.5. The van der Waals surface area contributed by atoms with Crippen molar-refractivity contribution in [2.24, 2.45) is 5.73 Å². The fourth-order valence-corrected chi connectivity index (χ4v) is 1.95. The Bertz CT molecular complexity index is 419. The monoisotopic (exact) mass is 252 g/mol. The topological polar surface area (TPSA) is 75.8 Å². The van der Waals surface area contributed by atoms with Gasteiger partial charge in [-0.1, -0.05) is 18.2 Å². The van der Waals surface area contributed by atoms with Crippen LogP contribution in [0.2, 0.25) is 0 Å². The molecule has 0 fully saturated rings. The van der Waals surface area contributed by atoms with Gasteiger partial charge in [0.1, 0.15) is 5.75 Å². The lowest BCUT2D eigenvalue weighted by Gasteiger charge is -2.19. The Morgan fingerprint density at radius 2 is 2.17 bits per heavy atom. The molecule has 1 aromatic rings. The second-order valence-corrected chi connectivity index (χ2v) is 4.40. The third-order valence-electron chi connectivity index (χ3n) is 2.73. The highest BCUT2D eigenvalue weighted by Gasteiger charge is 2.23. The Hall–Kier alpha value is -1.59. The van der Waals surface area contributed by atoms with E-state index in [4.69, 9.17) is 10.5 Å². The summed E-state index contributed by atoms with van der Waals surface area (Å²) in [5, 5.41) is 9.17. The number of para-hydroxylation sites is 1. The van der Waals surface area contributed by atoms with Gasteiger partial charge in [-0.05, 0) is 14.1 Å². The molecule has 0 heterocycles. The van der Waals surface area contributed by atoms with Crippen LogP contribution in [0.25, 0.3) is 0 Å². The number of carboxylic acid groups (broad SMARTS) is 1. The van der Waals surface area contributed by atoms with Crippen molar-refractivity contribution >= 4 is 5.97 Å². The summed E-state index contributed by atoms with van der Waals surface area (Å²) in [5.74, 6) is -1.05. The Kier molecular flexibility index (Phi) is 5.12. The molecule has 1 rings (SSSR count). The molecular weight excluding hydrogens is 232 g/mol. The zero-order valence-corrected chi connectivity index (χ0v) is 11.0. The number of aliphatic carboxylic acids is 1. The molecule has 3 N–H and O–H groups in total. The number of nitrogens with zero attached hydrogens (tertiary/aromatic N) is 1. The first-order chi connectivity index (χ1) is 8.51. The summed E-state index contributed by atoms with van der Waals surface area (Å²) in [4.78, 5) is 13.2. The summed E-state index contributed by atoms with van der Waals surface area (Å²) >= 11 is 0. The van der Waals surface area contributed by atoms with Crippen LogP contribution in [-0.2, 0) is 11.3 Å². The van der Waals surface area contributed by atoms with E-state index in [-0.39, 0.29) is 6.54 Å². The van der Waals surface area contributed by atoms with E-state index < -0.39 is 11.9 Å². The van der Waals surface area contributed by atoms with E-state index in [2.05, 4.69) is 0 Å². The van der Waals surface area contributed by atoms with Crippen LogP contribution in [0, 0.1) is 0 Å². The second kappa shape index (κ2) is 6.37. The van der Waals surface area contributed by atoms with Gasteiger partial charge in [0.25, 0.3) is 0 Å². The fourth-order valence-electron chi connectivity index (χ4n) is 1.95. The normalized spacial score (nSPS) is 12.5. The van der Waals surface area contributed by atoms with Crippen LogP contribution >= 0.6 is 0 Å². The maximum Gasteiger partial charge on any atom is 0.312 e. The van der Waals surface area contributed by atoms with Crippen LogP contribution in [0.1, 0.15) is 17.0 Å². The van der Waals surface area contributed by atoms with E-state index in [9.17, 15) is 9.90 Å². The van der Waals surface area contributed by atoms with E-state index >= 15 is 0 Å². The molecule has 1 unspecified atom stereocenters. The highest BCUT2D eigenvalue weighted by Crippen LogP contribution is 2.30. The first kappa shape index (κ1) is 14.5. The Labute approximate surface area is 107 Å². The molecule has 1 aromatic carbocycles. The maximum absolute atomic E-state index is 11.2. The standard InChI is InChI=1S/C13H20N2O3/c1-15(2)8-9-5-4-6-10(12(9)18-3)11(7-14)13(16)17/h4-6,11H,7-8,14H2,1-3H3,(H,16,17). The number of benzene rings is 1. The van der Waals surface area contributed by atoms with Gasteiger partial charge in [0.05, 0.1) is 13.0 Å². The predicted octanol–water partition coefficient (Wildman–Crippen LogP) is 0.884. The van der Waals surface area contributed by atoms with Gasteiger partial charge in [0, 0.05) is 24.2 Å². The average Bonchev–Trinajstić information content (AvgIpc) is 2.29. The van der Waals surface area contributed by atoms with Gasteiger partial charge in [-0.3, -0.25) is 4.79 Å². The molecule has 0 aliphatic carbocycles. The van der Waals surface area contributed by atoms with Gasteiger partial charge in [-0.15, -0.1) is 0 Å². The first-order valence-electron chi connectivity index (χ1n) is 5.74. The number of rotatable bonds is 6. The number of carbonyl (C=O) groups is 1. The van der Waals surface area contributed by atoms with Crippen LogP contribution in [0.5, 0.6) is 5.75 Å². The average molecular weight is 252 g/mol. The van der Waals surface area contributed by atoms with Crippen LogP contribution in [-0.4, -0.2) is 43.7 Å². The van der Waals surface area contributed by atoms with Gasteiger partial charge in [-0.25, -0.2) is 0 Å². The molecule has 0 saturated carbocycles. The Morgan fingerprint density at radius 3 is 2.61 bits per heavy atom. The minimum absolute atomic E-state index is 0.0527. The summed E-state index contributed by atoms with van der Waals surface area (Å²) < 4.78 is 5.36. The molecular formula is C13H20N2O3. The van der Waals surface area contributed by atoms with Crippen molar-refractivity contribution in [3.8, 4) is 5.75 Å². The lowest BCUT2D eigenvalue weighted by Crippen LogP contribution is -2.22. The molecule has 0 aromatic heterocycles. The van der Waals surface area contributed by atoms with Crippen molar-refractivity contribution in [3.05, 3.63) is 29.3 Å². The summed E-state index contributed by atoms with van der Waals surface area (Å²) in [5.41, 5.74) is 7.12. The van der Waals surface area contributed by atoms with Gasteiger partial charge >= 0.3 is 5.97 Å². The highest BCUT2D eigenvalue weighted by molar-refractivity contribution is 5.77. The van der Waals surface area contributed by atoms with E-state index in [1.165, 1.54) is 0 Å². The first-order valence-corrected chi connectivity index (χ1v) is 5.74. The molecule has 18 heavy (non-hydrogen) atoms. The quantitative estimate of drug-likeness (QED) is 0.786. The van der Waals surface area contributed by atoms with Crippen molar-refractivity contribution in [1.29, 1.82) is 0 Å². The number of hydrogen-bond acceptors (Lipinski definition) is 4. The van der Waals surface area contributed by atoms with E-state index in [0.29, 0.717) is 17.9 Å². The molecule has 1 atom stereocenters. The Morgan fingerprint density at radius 1 is 1.50 bits per heavy atom. The zero-order valence-electron chi connectivity index (χ0n) is 11.0. The van der Waals surface area contributed by atoms with E-state index in [1.54, 1.807) is 13.2 Å². The smallest absolute Gasteiger partial charge is 0.312 e. The van der Waals surface area contributed by atoms with Gasteiger partial charge in [0.2, 0.25) is 0 Å². The predicted molar refractivity (Wildman–Crippen MR) is 69.8 cm³/mol. The number of ether oxygens (including phenoxy) is 1. The van der Waals surface area contributed by atoms with Gasteiger partial charge in [-0.2, -0.15) is 0 Å². The zero-order chi connectivity index (χ0) is 13.7. The third-order valence-corrected chi connectivity index (χ3v) is 2.73. The minimum atomic E-state index is -0.933. The van der Waals surface area contributed by atoms with Crippen LogP contribution < -0.4 is 10.5 Å². The molecule has 0 saturated heterocycles. The molecule has 0 amide bonds. The van der Waals surface area contributed by atoms with Crippen LogP contribution in [0.4, 0.5) is 0 Å². The lowest BCUT2D eigenvalue weighted by atomic mass is 9.95. The second-order valence-electron chi connectivity index (χ2n) is 4.40. The molecule has 0 aliphatic rings. The van der Waals surface area contributed by atoms with Crippen molar-refractivity contribution in [1.82, 2.24) is 4.90 Å². The SMILES string of the molecule is COc1c(CN(C)C)cccc1C(CN)C(=O)O. The van der Waals surface area contributed by atoms with Crippen molar-refractivity contribution in [3.63, 3.8) is 0 Å². The molecule has 0 aliphatic heterocycles. The third kappa shape index (κ3) is 3.21. The van der Waals surface area contributed by atoms with Crippen molar-refractivity contribution in [2.45, 2.75) is 12.5 Å². The van der Waals surface area contributed by atoms with Crippen molar-refractivity contribution < 1.29 is 14.6 Å².